The molecule has 0 saturated heterocycles. The molecule has 2 N–H and O–H groups in total. The number of tetrazole rings is 1. The number of nitrogens with one attached hydrogen (secondary N) is 1. The van der Waals surface area contributed by atoms with Gasteiger partial charge in [-0.1, -0.05) is 35.4 Å². The van der Waals surface area contributed by atoms with Crippen LogP contribution in [0.5, 0.6) is 5.75 Å². The molecule has 3 rings (SSSR count). The maximum Gasteiger partial charge on any atom is 0.268 e. The molecule has 0 unspecified atom stereocenters. The third-order valence-electron chi connectivity index (χ3n) is 2.78. The van der Waals surface area contributed by atoms with Gasteiger partial charge in [-0.05, 0) is 34.7 Å². The average Bonchev–Trinajstić information content (AvgIpc) is 2.99. The second kappa shape index (κ2) is 5.83. The van der Waals surface area contributed by atoms with Crippen molar-refractivity contribution in [2.75, 3.05) is 5.43 Å². The fourth-order valence-electron chi connectivity index (χ4n) is 1.76. The number of anilines is 1. The maximum absolute atomic E-state index is 9.64. The molecule has 1 aromatic heterocycles. The van der Waals surface area contributed by atoms with Crippen LogP contribution in [-0.2, 0) is 0 Å². The van der Waals surface area contributed by atoms with Gasteiger partial charge in [0.15, 0.2) is 0 Å². The van der Waals surface area contributed by atoms with Crippen molar-refractivity contribution in [2.24, 2.45) is 5.10 Å². The molecule has 104 valence electrons. The summed E-state index contributed by atoms with van der Waals surface area (Å²) in [5.41, 5.74) is 4.18. The van der Waals surface area contributed by atoms with Crippen molar-refractivity contribution in [1.29, 1.82) is 0 Å². The summed E-state index contributed by atoms with van der Waals surface area (Å²) >= 11 is 0. The van der Waals surface area contributed by atoms with Crippen LogP contribution >= 0.6 is 0 Å². The SMILES string of the molecule is Oc1ccccc1/C=N/Nc1nnnn1-c1ccccc1. The maximum atomic E-state index is 9.64. The summed E-state index contributed by atoms with van der Waals surface area (Å²) in [5, 5.41) is 25.0. The Bertz CT molecular complexity index is 753. The van der Waals surface area contributed by atoms with Crippen LogP contribution in [0, 0.1) is 0 Å². The van der Waals surface area contributed by atoms with Crippen molar-refractivity contribution in [3.05, 3.63) is 60.2 Å². The molecule has 0 aliphatic heterocycles. The lowest BCUT2D eigenvalue weighted by Crippen LogP contribution is -2.03. The van der Waals surface area contributed by atoms with Crippen molar-refractivity contribution in [2.45, 2.75) is 0 Å². The first-order chi connectivity index (χ1) is 10.3. The molecular weight excluding hydrogens is 268 g/mol. The van der Waals surface area contributed by atoms with E-state index in [4.69, 9.17) is 0 Å². The standard InChI is InChI=1S/C14H12N6O/c21-13-9-5-4-6-11(13)10-15-16-14-17-18-19-20(14)12-7-2-1-3-8-12/h1-10,21H,(H,16,17,19)/b15-10+. The molecule has 0 aliphatic carbocycles. The highest BCUT2D eigenvalue weighted by molar-refractivity contribution is 5.83. The molecule has 0 amide bonds. The van der Waals surface area contributed by atoms with Gasteiger partial charge in [-0.25, -0.2) is 5.43 Å². The predicted molar refractivity (Wildman–Crippen MR) is 78.5 cm³/mol. The molecule has 7 nitrogen and oxygen atoms in total. The number of aromatic hydroxyl groups is 1. The minimum atomic E-state index is 0.158. The van der Waals surface area contributed by atoms with E-state index in [1.807, 2.05) is 36.4 Å². The summed E-state index contributed by atoms with van der Waals surface area (Å²) in [4.78, 5) is 0. The van der Waals surface area contributed by atoms with E-state index < -0.39 is 0 Å². The van der Waals surface area contributed by atoms with Crippen LogP contribution in [0.4, 0.5) is 5.95 Å². The van der Waals surface area contributed by atoms with Crippen LogP contribution in [0.15, 0.2) is 59.7 Å². The van der Waals surface area contributed by atoms with Crippen LogP contribution in [-0.4, -0.2) is 31.5 Å². The second-order valence-corrected chi connectivity index (χ2v) is 4.18. The summed E-state index contributed by atoms with van der Waals surface area (Å²) in [6, 6.07) is 16.4. The molecule has 0 radical (unpaired) electrons. The van der Waals surface area contributed by atoms with Crippen molar-refractivity contribution in [1.82, 2.24) is 20.2 Å². The van der Waals surface area contributed by atoms with Gasteiger partial charge in [-0.2, -0.15) is 9.78 Å². The van der Waals surface area contributed by atoms with E-state index >= 15 is 0 Å². The van der Waals surface area contributed by atoms with Gasteiger partial charge in [0.05, 0.1) is 11.9 Å². The average molecular weight is 280 g/mol. The summed E-state index contributed by atoms with van der Waals surface area (Å²) in [6.07, 6.45) is 1.50. The first-order valence-corrected chi connectivity index (χ1v) is 6.25. The van der Waals surface area contributed by atoms with Crippen LogP contribution in [0.25, 0.3) is 5.69 Å². The van der Waals surface area contributed by atoms with Crippen LogP contribution in [0.1, 0.15) is 5.56 Å². The zero-order valence-corrected chi connectivity index (χ0v) is 11.0. The molecule has 0 spiro atoms. The van der Waals surface area contributed by atoms with E-state index in [9.17, 15) is 5.11 Å². The minimum Gasteiger partial charge on any atom is -0.507 e. The molecule has 0 atom stereocenters. The van der Waals surface area contributed by atoms with Gasteiger partial charge in [-0.3, -0.25) is 0 Å². The topological polar surface area (TPSA) is 88.2 Å². The third-order valence-corrected chi connectivity index (χ3v) is 2.78. The highest BCUT2D eigenvalue weighted by Crippen LogP contribution is 2.13. The lowest BCUT2D eigenvalue weighted by Gasteiger charge is -2.03. The first kappa shape index (κ1) is 12.8. The molecule has 0 aliphatic rings. The molecule has 1 heterocycles. The third kappa shape index (κ3) is 2.86. The number of hydrogen-bond donors (Lipinski definition) is 2. The fraction of sp³-hybridized carbons (Fsp3) is 0. The number of aromatic nitrogens is 4. The van der Waals surface area contributed by atoms with E-state index in [1.165, 1.54) is 10.9 Å². The molecule has 0 fully saturated rings. The van der Waals surface area contributed by atoms with Gasteiger partial charge in [-0.15, -0.1) is 0 Å². The van der Waals surface area contributed by atoms with Crippen molar-refractivity contribution >= 4 is 12.2 Å². The number of para-hydroxylation sites is 2. The molecule has 0 bridgehead atoms. The van der Waals surface area contributed by atoms with Crippen LogP contribution < -0.4 is 5.43 Å². The summed E-state index contributed by atoms with van der Waals surface area (Å²) in [6.45, 7) is 0. The molecule has 3 aromatic rings. The Morgan fingerprint density at radius 2 is 1.81 bits per heavy atom. The highest BCUT2D eigenvalue weighted by atomic mass is 16.3. The van der Waals surface area contributed by atoms with Gasteiger partial charge in [0.2, 0.25) is 0 Å². The first-order valence-electron chi connectivity index (χ1n) is 6.25. The zero-order valence-electron chi connectivity index (χ0n) is 11.0. The molecular formula is C14H12N6O. The Labute approximate surface area is 120 Å². The number of benzene rings is 2. The monoisotopic (exact) mass is 280 g/mol. The number of hydrogen-bond acceptors (Lipinski definition) is 6. The normalized spacial score (nSPS) is 10.9. The number of nitrogens with zero attached hydrogens (tertiary/aromatic N) is 5. The number of phenolic OH excluding ortho intramolecular Hbond substituents is 1. The molecule has 21 heavy (non-hydrogen) atoms. The van der Waals surface area contributed by atoms with Gasteiger partial charge in [0.25, 0.3) is 5.95 Å². The van der Waals surface area contributed by atoms with E-state index in [-0.39, 0.29) is 5.75 Å². The quantitative estimate of drug-likeness (QED) is 0.562. The Balaban J connectivity index is 1.78. The van der Waals surface area contributed by atoms with Gasteiger partial charge >= 0.3 is 0 Å². The van der Waals surface area contributed by atoms with Gasteiger partial charge < -0.3 is 5.11 Å². The van der Waals surface area contributed by atoms with Crippen LogP contribution in [0.2, 0.25) is 0 Å². The number of phenols is 1. The molecule has 2 aromatic carbocycles. The van der Waals surface area contributed by atoms with E-state index in [0.29, 0.717) is 11.5 Å². The Kier molecular flexibility index (Phi) is 3.55. The molecule has 0 saturated carbocycles. The van der Waals surface area contributed by atoms with E-state index in [1.54, 1.807) is 18.2 Å². The largest absolute Gasteiger partial charge is 0.507 e. The highest BCUT2D eigenvalue weighted by Gasteiger charge is 2.06. The second-order valence-electron chi connectivity index (χ2n) is 4.18. The predicted octanol–water partition coefficient (Wildman–Crippen LogP) is 1.81. The Hall–Kier alpha value is -3.22. The summed E-state index contributed by atoms with van der Waals surface area (Å²) in [5.74, 6) is 0.540. The minimum absolute atomic E-state index is 0.158. The molecule has 7 heteroatoms. The van der Waals surface area contributed by atoms with E-state index in [2.05, 4.69) is 26.1 Å². The van der Waals surface area contributed by atoms with E-state index in [0.717, 1.165) is 5.69 Å². The smallest absolute Gasteiger partial charge is 0.268 e. The van der Waals surface area contributed by atoms with Crippen molar-refractivity contribution in [3.8, 4) is 11.4 Å². The summed E-state index contributed by atoms with van der Waals surface area (Å²) < 4.78 is 1.53. The van der Waals surface area contributed by atoms with Crippen LogP contribution in [0.3, 0.4) is 0 Å². The van der Waals surface area contributed by atoms with Crippen molar-refractivity contribution < 1.29 is 5.11 Å². The number of rotatable bonds is 4. The summed E-state index contributed by atoms with van der Waals surface area (Å²) in [7, 11) is 0. The Morgan fingerprint density at radius 3 is 2.62 bits per heavy atom. The lowest BCUT2D eigenvalue weighted by atomic mass is 10.2. The number of hydrazone groups is 1. The van der Waals surface area contributed by atoms with Gasteiger partial charge in [0, 0.05) is 5.56 Å². The fourth-order valence-corrected chi connectivity index (χ4v) is 1.76. The Morgan fingerprint density at radius 1 is 1.05 bits per heavy atom. The zero-order chi connectivity index (χ0) is 14.5. The van der Waals surface area contributed by atoms with Gasteiger partial charge in [0.1, 0.15) is 5.75 Å². The lowest BCUT2D eigenvalue weighted by molar-refractivity contribution is 0.474. The van der Waals surface area contributed by atoms with Crippen molar-refractivity contribution in [3.63, 3.8) is 0 Å².